The molecule has 0 aliphatic rings. The summed E-state index contributed by atoms with van der Waals surface area (Å²) in [5, 5.41) is 10.8. The summed E-state index contributed by atoms with van der Waals surface area (Å²) in [7, 11) is 0. The Bertz CT molecular complexity index is 586. The molecule has 0 amide bonds. The molecule has 2 aromatic heterocycles. The van der Waals surface area contributed by atoms with Crippen LogP contribution in [0.25, 0.3) is 10.2 Å². The van der Waals surface area contributed by atoms with Crippen LogP contribution in [0, 0.1) is 0 Å². The van der Waals surface area contributed by atoms with Gasteiger partial charge in [0.25, 0.3) is 0 Å². The topological polar surface area (TPSA) is 63.1 Å². The number of thioether (sulfide) groups is 1. The first-order valence-corrected chi connectivity index (χ1v) is 7.58. The zero-order valence-corrected chi connectivity index (χ0v) is 12.0. The second-order valence-corrected chi connectivity index (χ2v) is 6.06. The largest absolute Gasteiger partial charge is 0.481 e. The fraction of sp³-hybridized carbons (Fsp3) is 0.364. The number of hydrogen-bond acceptors (Lipinski definition) is 5. The molecule has 0 fully saturated rings. The first-order valence-electron chi connectivity index (χ1n) is 5.40. The molecular weight excluding hydrogens is 292 g/mol. The number of aryl methyl sites for hydroxylation is 1. The summed E-state index contributed by atoms with van der Waals surface area (Å²) in [5.41, 5.74) is 0. The number of fused-ring (bicyclic) bond motifs is 1. The van der Waals surface area contributed by atoms with Crippen LogP contribution in [0.15, 0.2) is 11.4 Å². The minimum Gasteiger partial charge on any atom is -0.481 e. The summed E-state index contributed by atoms with van der Waals surface area (Å²) in [6, 6.07) is 0. The molecule has 0 saturated heterocycles. The molecule has 2 rings (SSSR count). The molecular formula is C11H11ClN2O2S2. The second kappa shape index (κ2) is 5.86. The van der Waals surface area contributed by atoms with Crippen LogP contribution in [0.3, 0.4) is 0 Å². The van der Waals surface area contributed by atoms with Crippen LogP contribution in [0.2, 0.25) is 5.02 Å². The normalized spacial score (nSPS) is 11.0. The van der Waals surface area contributed by atoms with Crippen LogP contribution in [0.1, 0.15) is 18.2 Å². The van der Waals surface area contributed by atoms with Crippen molar-refractivity contribution in [2.24, 2.45) is 0 Å². The molecule has 18 heavy (non-hydrogen) atoms. The number of halogens is 1. The maximum Gasteiger partial charge on any atom is 0.313 e. The third-order valence-corrected chi connectivity index (χ3v) is 4.93. The van der Waals surface area contributed by atoms with Gasteiger partial charge in [0.2, 0.25) is 0 Å². The van der Waals surface area contributed by atoms with E-state index in [1.807, 2.05) is 0 Å². The SMILES string of the molecule is CCCc1sc2ncnc(SCC(=O)O)c2c1Cl. The number of rotatable bonds is 5. The van der Waals surface area contributed by atoms with E-state index in [0.29, 0.717) is 10.0 Å². The van der Waals surface area contributed by atoms with Crippen LogP contribution in [0.5, 0.6) is 0 Å². The van der Waals surface area contributed by atoms with Crippen LogP contribution in [-0.2, 0) is 11.2 Å². The van der Waals surface area contributed by atoms with Gasteiger partial charge in [-0.05, 0) is 6.42 Å². The first-order chi connectivity index (χ1) is 8.63. The van der Waals surface area contributed by atoms with E-state index in [9.17, 15) is 4.79 Å². The summed E-state index contributed by atoms with van der Waals surface area (Å²) in [4.78, 5) is 20.8. The van der Waals surface area contributed by atoms with Crippen molar-refractivity contribution in [3.8, 4) is 0 Å². The molecule has 4 nitrogen and oxygen atoms in total. The number of thiophene rings is 1. The van der Waals surface area contributed by atoms with Gasteiger partial charge in [0.15, 0.2) is 0 Å². The van der Waals surface area contributed by atoms with Gasteiger partial charge in [-0.25, -0.2) is 9.97 Å². The molecule has 96 valence electrons. The van der Waals surface area contributed by atoms with Crippen molar-refractivity contribution in [2.75, 3.05) is 5.75 Å². The quantitative estimate of drug-likeness (QED) is 0.677. The van der Waals surface area contributed by atoms with Crippen LogP contribution in [-0.4, -0.2) is 26.8 Å². The lowest BCUT2D eigenvalue weighted by Gasteiger charge is -2.00. The monoisotopic (exact) mass is 302 g/mol. The molecule has 2 heterocycles. The Hall–Kier alpha value is -0.850. The van der Waals surface area contributed by atoms with Crippen LogP contribution in [0.4, 0.5) is 0 Å². The van der Waals surface area contributed by atoms with Crippen molar-refractivity contribution >= 4 is 50.9 Å². The van der Waals surface area contributed by atoms with Crippen LogP contribution >= 0.6 is 34.7 Å². The fourth-order valence-electron chi connectivity index (χ4n) is 1.55. The standard InChI is InChI=1S/C11H11ClN2O2S2/c1-2-3-6-9(12)8-10(17-4-7(15)16)13-5-14-11(8)18-6/h5H,2-4H2,1H3,(H,15,16). The molecule has 0 bridgehead atoms. The molecule has 7 heteroatoms. The predicted molar refractivity (Wildman–Crippen MR) is 74.8 cm³/mol. The fourth-order valence-corrected chi connectivity index (χ4v) is 3.97. The Labute approximate surface area is 117 Å². The van der Waals surface area contributed by atoms with E-state index in [-0.39, 0.29) is 5.75 Å². The minimum absolute atomic E-state index is 0.0264. The Morgan fingerprint density at radius 2 is 2.33 bits per heavy atom. The Morgan fingerprint density at radius 1 is 1.56 bits per heavy atom. The van der Waals surface area contributed by atoms with Crippen molar-refractivity contribution in [3.05, 3.63) is 16.2 Å². The Kier molecular flexibility index (Phi) is 4.42. The predicted octanol–water partition coefficient (Wildman–Crippen LogP) is 3.47. The number of carbonyl (C=O) groups is 1. The lowest BCUT2D eigenvalue weighted by atomic mass is 10.2. The van der Waals surface area contributed by atoms with E-state index in [4.69, 9.17) is 16.7 Å². The summed E-state index contributed by atoms with van der Waals surface area (Å²) in [6.07, 6.45) is 3.37. The van der Waals surface area contributed by atoms with E-state index in [0.717, 1.165) is 27.9 Å². The van der Waals surface area contributed by atoms with Gasteiger partial charge in [0, 0.05) is 4.88 Å². The molecule has 0 radical (unpaired) electrons. The molecule has 0 unspecified atom stereocenters. The van der Waals surface area contributed by atoms with Gasteiger partial charge < -0.3 is 5.11 Å². The highest BCUT2D eigenvalue weighted by molar-refractivity contribution is 8.00. The van der Waals surface area contributed by atoms with Gasteiger partial charge in [0.1, 0.15) is 16.2 Å². The second-order valence-electron chi connectivity index (χ2n) is 3.63. The lowest BCUT2D eigenvalue weighted by molar-refractivity contribution is -0.133. The molecule has 0 aromatic carbocycles. The third-order valence-electron chi connectivity index (χ3n) is 2.27. The van der Waals surface area contributed by atoms with Gasteiger partial charge in [-0.2, -0.15) is 0 Å². The van der Waals surface area contributed by atoms with Crippen molar-refractivity contribution in [1.29, 1.82) is 0 Å². The lowest BCUT2D eigenvalue weighted by Crippen LogP contribution is -1.98. The van der Waals surface area contributed by atoms with E-state index >= 15 is 0 Å². The zero-order valence-electron chi connectivity index (χ0n) is 9.64. The maximum atomic E-state index is 10.6. The molecule has 0 atom stereocenters. The molecule has 2 aromatic rings. The maximum absolute atomic E-state index is 10.6. The van der Waals surface area contributed by atoms with E-state index in [1.165, 1.54) is 18.1 Å². The zero-order chi connectivity index (χ0) is 13.1. The average Bonchev–Trinajstić information content (AvgIpc) is 2.65. The first kappa shape index (κ1) is 13.6. The van der Waals surface area contributed by atoms with Crippen molar-refractivity contribution < 1.29 is 9.90 Å². The number of nitrogens with zero attached hydrogens (tertiary/aromatic N) is 2. The summed E-state index contributed by atoms with van der Waals surface area (Å²) in [5.74, 6) is -0.895. The third kappa shape index (κ3) is 2.76. The Balaban J connectivity index is 2.44. The summed E-state index contributed by atoms with van der Waals surface area (Å²) < 4.78 is 0. The van der Waals surface area contributed by atoms with Crippen molar-refractivity contribution in [3.63, 3.8) is 0 Å². The molecule has 0 saturated carbocycles. The minimum atomic E-state index is -0.869. The smallest absolute Gasteiger partial charge is 0.313 e. The van der Waals surface area contributed by atoms with Gasteiger partial charge in [-0.1, -0.05) is 36.7 Å². The molecule has 0 spiro atoms. The number of hydrogen-bond donors (Lipinski definition) is 1. The van der Waals surface area contributed by atoms with Gasteiger partial charge in [-0.3, -0.25) is 4.79 Å². The van der Waals surface area contributed by atoms with Crippen molar-refractivity contribution in [1.82, 2.24) is 9.97 Å². The number of carboxylic acids is 1. The highest BCUT2D eigenvalue weighted by Gasteiger charge is 2.16. The van der Waals surface area contributed by atoms with Gasteiger partial charge >= 0.3 is 5.97 Å². The summed E-state index contributed by atoms with van der Waals surface area (Å²) >= 11 is 9.05. The highest BCUT2D eigenvalue weighted by atomic mass is 35.5. The number of aromatic nitrogens is 2. The highest BCUT2D eigenvalue weighted by Crippen LogP contribution is 2.39. The van der Waals surface area contributed by atoms with E-state index in [2.05, 4.69) is 16.9 Å². The Morgan fingerprint density at radius 3 is 3.00 bits per heavy atom. The van der Waals surface area contributed by atoms with E-state index < -0.39 is 5.97 Å². The van der Waals surface area contributed by atoms with Gasteiger partial charge in [-0.15, -0.1) is 11.3 Å². The van der Waals surface area contributed by atoms with Gasteiger partial charge in [0.05, 0.1) is 16.2 Å². The van der Waals surface area contributed by atoms with Crippen LogP contribution < -0.4 is 0 Å². The number of aliphatic carboxylic acids is 1. The van der Waals surface area contributed by atoms with Crippen molar-refractivity contribution in [2.45, 2.75) is 24.8 Å². The molecule has 0 aliphatic heterocycles. The molecule has 1 N–H and O–H groups in total. The molecule has 0 aliphatic carbocycles. The average molecular weight is 303 g/mol. The van der Waals surface area contributed by atoms with E-state index in [1.54, 1.807) is 11.3 Å². The number of carboxylic acid groups (broad SMARTS) is 1. The summed E-state index contributed by atoms with van der Waals surface area (Å²) in [6.45, 7) is 2.09.